The van der Waals surface area contributed by atoms with Crippen LogP contribution in [0.5, 0.6) is 0 Å². The number of ether oxygens (including phenoxy) is 3. The number of fused-ring (bicyclic) bond motifs is 3. The van der Waals surface area contributed by atoms with Gasteiger partial charge in [-0.05, 0) is 79.6 Å². The van der Waals surface area contributed by atoms with Crippen LogP contribution >= 0.6 is 12.3 Å². The average Bonchev–Trinajstić information content (AvgIpc) is 3.16. The first-order valence-electron chi connectivity index (χ1n) is 16.2. The normalized spacial score (nSPS) is 42.7. The highest BCUT2D eigenvalue weighted by Crippen LogP contribution is 2.70. The molecule has 0 radical (unpaired) electrons. The molecule has 5 fully saturated rings. The van der Waals surface area contributed by atoms with E-state index in [1.54, 1.807) is 13.8 Å². The van der Waals surface area contributed by atoms with Gasteiger partial charge in [0.15, 0.2) is 30.8 Å². The molecule has 1 saturated heterocycles. The average molecular weight is 727 g/mol. The van der Waals surface area contributed by atoms with Crippen LogP contribution in [0.2, 0.25) is 0 Å². The van der Waals surface area contributed by atoms with Crippen molar-refractivity contribution in [3.63, 3.8) is 0 Å². The Labute approximate surface area is 283 Å². The predicted molar refractivity (Wildman–Crippen MR) is 163 cm³/mol. The molecule has 0 aromatic carbocycles. The SMILES string of the molecule is C=C1C2CCC3C4(C)CC(O[C@@H]5O[C@@H](CO)[C@H](OSOOO)[C@H](OS(=O)(=O)O)C5OC(=O)CC(C)C)CC(C(=O)O)C4CCC3(C2)[C@H]1O. The van der Waals surface area contributed by atoms with Crippen LogP contribution in [-0.2, 0) is 51.9 Å². The lowest BCUT2D eigenvalue weighted by molar-refractivity contribution is -0.435. The Morgan fingerprint density at radius 1 is 1.15 bits per heavy atom. The van der Waals surface area contributed by atoms with Gasteiger partial charge in [0.1, 0.15) is 12.2 Å². The van der Waals surface area contributed by atoms with Crippen molar-refractivity contribution in [1.82, 2.24) is 0 Å². The van der Waals surface area contributed by atoms with Crippen LogP contribution < -0.4 is 0 Å². The number of aliphatic hydroxyl groups is 2. The number of rotatable bonds is 13. The number of aliphatic carboxylic acids is 1. The van der Waals surface area contributed by atoms with E-state index in [2.05, 4.69) is 22.9 Å². The first-order valence-corrected chi connectivity index (χ1v) is 18.2. The van der Waals surface area contributed by atoms with Crippen molar-refractivity contribution in [3.8, 4) is 0 Å². The van der Waals surface area contributed by atoms with Crippen molar-refractivity contribution >= 4 is 34.7 Å². The molecule has 4 saturated carbocycles. The lowest BCUT2D eigenvalue weighted by atomic mass is 9.43. The zero-order valence-corrected chi connectivity index (χ0v) is 28.7. The van der Waals surface area contributed by atoms with E-state index >= 15 is 0 Å². The molecule has 5 aliphatic rings. The third-order valence-electron chi connectivity index (χ3n) is 11.5. The number of carboxylic acid groups (broad SMARTS) is 1. The highest BCUT2D eigenvalue weighted by molar-refractivity contribution is 7.89. The van der Waals surface area contributed by atoms with E-state index in [-0.39, 0.29) is 48.8 Å². The Bertz CT molecular complexity index is 1310. The number of hydrogen-bond donors (Lipinski definition) is 5. The molecule has 13 atom stereocenters. The van der Waals surface area contributed by atoms with Crippen LogP contribution in [0.1, 0.15) is 72.1 Å². The van der Waals surface area contributed by atoms with Gasteiger partial charge in [0.25, 0.3) is 0 Å². The molecule has 4 aliphatic carbocycles. The van der Waals surface area contributed by atoms with Crippen molar-refractivity contribution in [2.45, 2.75) is 115 Å². The summed E-state index contributed by atoms with van der Waals surface area (Å²) < 4.78 is 66.3. The predicted octanol–water partition coefficient (Wildman–Crippen LogP) is 2.85. The lowest BCUT2D eigenvalue weighted by Crippen LogP contribution is -2.63. The van der Waals surface area contributed by atoms with E-state index in [0.717, 1.165) is 24.8 Å². The van der Waals surface area contributed by atoms with E-state index in [1.807, 2.05) is 0 Å². The first kappa shape index (κ1) is 37.8. The molecule has 0 amide bonds. The second-order valence-corrected chi connectivity index (χ2v) is 16.1. The quantitative estimate of drug-likeness (QED) is 0.0268. The largest absolute Gasteiger partial charge is 0.481 e. The van der Waals surface area contributed by atoms with Crippen molar-refractivity contribution in [1.29, 1.82) is 0 Å². The van der Waals surface area contributed by atoms with E-state index in [9.17, 15) is 37.9 Å². The number of carbonyl (C=O) groups is 2. The van der Waals surface area contributed by atoms with Crippen LogP contribution in [0.3, 0.4) is 0 Å². The van der Waals surface area contributed by atoms with Crippen molar-refractivity contribution < 1.29 is 75.1 Å². The third kappa shape index (κ3) is 7.32. The minimum atomic E-state index is -5.24. The molecule has 48 heavy (non-hydrogen) atoms. The second-order valence-electron chi connectivity index (χ2n) is 14.6. The summed E-state index contributed by atoms with van der Waals surface area (Å²) in [5, 5.41) is 44.1. The molecule has 0 aromatic rings. The molecule has 5 N–H and O–H groups in total. The number of hydrogen-bond acceptors (Lipinski definition) is 15. The minimum Gasteiger partial charge on any atom is -0.481 e. The van der Waals surface area contributed by atoms with E-state index < -0.39 is 88.6 Å². The maximum Gasteiger partial charge on any atom is 0.397 e. The van der Waals surface area contributed by atoms with Crippen LogP contribution in [-0.4, -0.2) is 95.0 Å². The fourth-order valence-electron chi connectivity index (χ4n) is 9.76. The Balaban J connectivity index is 1.49. The van der Waals surface area contributed by atoms with E-state index in [0.29, 0.717) is 19.3 Å². The molecule has 274 valence electrons. The molecule has 5 rings (SSSR count). The molecular weight excluding hydrogens is 680 g/mol. The minimum absolute atomic E-state index is 0.0154. The Kier molecular flexibility index (Phi) is 11.6. The van der Waals surface area contributed by atoms with Gasteiger partial charge in [0, 0.05) is 11.8 Å². The van der Waals surface area contributed by atoms with Crippen LogP contribution in [0.15, 0.2) is 12.2 Å². The summed E-state index contributed by atoms with van der Waals surface area (Å²) in [6, 6.07) is 0. The van der Waals surface area contributed by atoms with Gasteiger partial charge in [-0.25, -0.2) is 9.44 Å². The van der Waals surface area contributed by atoms with Gasteiger partial charge in [0.2, 0.25) is 0 Å². The number of carbonyl (C=O) groups excluding carboxylic acids is 1. The third-order valence-corrected chi connectivity index (χ3v) is 12.4. The topological polar surface area (TPSA) is 234 Å². The van der Waals surface area contributed by atoms with Crippen LogP contribution in [0.25, 0.3) is 0 Å². The Morgan fingerprint density at radius 2 is 1.88 bits per heavy atom. The monoisotopic (exact) mass is 726 g/mol. The van der Waals surface area contributed by atoms with Gasteiger partial charge in [-0.1, -0.05) is 32.4 Å². The van der Waals surface area contributed by atoms with E-state index in [1.165, 1.54) is 0 Å². The molecule has 2 bridgehead atoms. The summed E-state index contributed by atoms with van der Waals surface area (Å²) >= 11 is 0.0154. The summed E-state index contributed by atoms with van der Waals surface area (Å²) in [6.07, 6.45) is -5.72. The zero-order valence-electron chi connectivity index (χ0n) is 27.0. The smallest absolute Gasteiger partial charge is 0.397 e. The maximum absolute atomic E-state index is 13.0. The molecule has 16 nitrogen and oxygen atoms in total. The lowest BCUT2D eigenvalue weighted by Gasteiger charge is -2.62. The molecule has 1 spiro atoms. The van der Waals surface area contributed by atoms with Gasteiger partial charge in [0.05, 0.1) is 24.7 Å². The fraction of sp³-hybridized carbons (Fsp3) is 0.867. The van der Waals surface area contributed by atoms with Gasteiger partial charge in [-0.3, -0.25) is 18.3 Å². The summed E-state index contributed by atoms with van der Waals surface area (Å²) in [4.78, 5) is 25.8. The zero-order chi connectivity index (χ0) is 35.2. The number of aliphatic hydroxyl groups excluding tert-OH is 2. The molecule has 8 unspecified atom stereocenters. The molecule has 0 aromatic heterocycles. The van der Waals surface area contributed by atoms with E-state index in [4.69, 9.17) is 27.8 Å². The summed E-state index contributed by atoms with van der Waals surface area (Å²) in [6.45, 7) is 8.94. The van der Waals surface area contributed by atoms with Crippen LogP contribution in [0.4, 0.5) is 0 Å². The van der Waals surface area contributed by atoms with Gasteiger partial charge in [-0.15, -0.1) is 4.33 Å². The van der Waals surface area contributed by atoms with Gasteiger partial charge >= 0.3 is 22.3 Å². The van der Waals surface area contributed by atoms with Crippen LogP contribution in [0, 0.1) is 40.4 Å². The van der Waals surface area contributed by atoms with Crippen molar-refractivity contribution in [2.75, 3.05) is 6.61 Å². The molecule has 1 aliphatic heterocycles. The number of esters is 1. The highest BCUT2D eigenvalue weighted by atomic mass is 32.3. The van der Waals surface area contributed by atoms with Crippen molar-refractivity contribution in [3.05, 3.63) is 12.2 Å². The summed E-state index contributed by atoms with van der Waals surface area (Å²) in [5.41, 5.74) is -0.180. The van der Waals surface area contributed by atoms with Crippen molar-refractivity contribution in [2.24, 2.45) is 40.4 Å². The van der Waals surface area contributed by atoms with Gasteiger partial charge < -0.3 is 29.5 Å². The molecular formula is C30H46O16S2. The summed E-state index contributed by atoms with van der Waals surface area (Å²) in [7, 11) is -5.24. The Morgan fingerprint density at radius 3 is 2.50 bits per heavy atom. The Hall–Kier alpha value is -1.42. The maximum atomic E-state index is 13.0. The summed E-state index contributed by atoms with van der Waals surface area (Å²) in [5.74, 6) is -2.80. The fourth-order valence-corrected chi connectivity index (χ4v) is 10.6. The molecule has 18 heteroatoms. The van der Waals surface area contributed by atoms with Gasteiger partial charge in [-0.2, -0.15) is 8.42 Å². The first-order chi connectivity index (χ1) is 22.5. The standard InChI is InChI=1S/C30H46O16S2/c1-14(2)9-22(32)42-25-24(44-48(37,38)39)23(43-47-46-45-36)20(13-31)41-28(25)40-17-10-18(27(34)35)19-7-8-30-11-16(15(3)26(30)33)5-6-21(30)29(19,4)12-17/h14,16-21,23-26,28,31,33,36H,3,5-13H2,1-2,4H3,(H,34,35)(H,37,38,39)/t16?,17?,18?,19?,20-,21?,23-,24-,25?,26-,28+,29?,30?/m0/s1. The molecule has 1 heterocycles. The number of carboxylic acids is 1. The highest BCUT2D eigenvalue weighted by Gasteiger charge is 2.67. The second kappa shape index (κ2) is 14.7.